The van der Waals surface area contributed by atoms with Crippen LogP contribution in [-0.4, -0.2) is 51.9 Å². The van der Waals surface area contributed by atoms with Crippen LogP contribution in [0.15, 0.2) is 53.4 Å². The number of primary sulfonamides is 1. The normalized spacial score (nSPS) is 15.4. The Hall–Kier alpha value is -2.13. The summed E-state index contributed by atoms with van der Waals surface area (Å²) in [6, 6.07) is 13.9. The highest BCUT2D eigenvalue weighted by Crippen LogP contribution is 2.25. The summed E-state index contributed by atoms with van der Waals surface area (Å²) in [4.78, 5) is 16.6. The fraction of sp³-hybridized carbons (Fsp3) is 0.316. The van der Waals surface area contributed by atoms with Gasteiger partial charge in [-0.05, 0) is 29.8 Å². The molecule has 9 heteroatoms. The average Bonchev–Trinajstić information content (AvgIpc) is 2.67. The molecule has 1 saturated heterocycles. The number of nitrogens with zero attached hydrogens (tertiary/aromatic N) is 2. The van der Waals surface area contributed by atoms with Crippen LogP contribution >= 0.6 is 11.6 Å². The molecule has 0 radical (unpaired) electrons. The molecular formula is C19H23ClN4O3S. The second-order valence-electron chi connectivity index (χ2n) is 6.68. The third kappa shape index (κ3) is 5.45. The first kappa shape index (κ1) is 20.6. The molecule has 0 bridgehead atoms. The Morgan fingerprint density at radius 2 is 1.68 bits per heavy atom. The Morgan fingerprint density at radius 3 is 2.29 bits per heavy atom. The molecule has 0 aromatic heterocycles. The molecule has 1 aliphatic heterocycles. The van der Waals surface area contributed by atoms with Gasteiger partial charge in [0.15, 0.2) is 0 Å². The van der Waals surface area contributed by atoms with Crippen LogP contribution in [0, 0.1) is 0 Å². The van der Waals surface area contributed by atoms with Crippen molar-refractivity contribution in [1.82, 2.24) is 10.2 Å². The van der Waals surface area contributed by atoms with E-state index in [-0.39, 0.29) is 10.8 Å². The Morgan fingerprint density at radius 1 is 1.04 bits per heavy atom. The second-order valence-corrected chi connectivity index (χ2v) is 8.65. The molecule has 3 N–H and O–H groups in total. The molecule has 0 atom stereocenters. The topological polar surface area (TPSA) is 95.7 Å². The minimum Gasteiger partial charge on any atom is -0.368 e. The van der Waals surface area contributed by atoms with E-state index in [0.717, 1.165) is 42.5 Å². The lowest BCUT2D eigenvalue weighted by Gasteiger charge is -2.36. The Bertz CT molecular complexity index is 926. The van der Waals surface area contributed by atoms with Crippen LogP contribution in [0.4, 0.5) is 5.69 Å². The molecule has 1 heterocycles. The van der Waals surface area contributed by atoms with Gasteiger partial charge in [0.2, 0.25) is 15.9 Å². The Labute approximate surface area is 170 Å². The minimum absolute atomic E-state index is 0.0546. The number of amides is 1. The highest BCUT2D eigenvalue weighted by molar-refractivity contribution is 7.89. The molecule has 2 aromatic carbocycles. The molecule has 150 valence electrons. The zero-order chi connectivity index (χ0) is 20.1. The van der Waals surface area contributed by atoms with Gasteiger partial charge in [0.05, 0.1) is 22.2 Å². The van der Waals surface area contributed by atoms with Gasteiger partial charge in [-0.2, -0.15) is 0 Å². The standard InChI is InChI=1S/C19H23ClN4O3S/c20-17-3-1-2-4-18(17)24-11-9-23(10-12-24)14-19(25)22-13-15-5-7-16(8-6-15)28(21,26)27/h1-8H,9-14H2,(H,22,25)(H2,21,26,27). The van der Waals surface area contributed by atoms with Crippen molar-refractivity contribution in [2.24, 2.45) is 5.14 Å². The van der Waals surface area contributed by atoms with Crippen LogP contribution in [0.5, 0.6) is 0 Å². The zero-order valence-electron chi connectivity index (χ0n) is 15.3. The van der Waals surface area contributed by atoms with E-state index in [1.807, 2.05) is 24.3 Å². The van der Waals surface area contributed by atoms with Crippen LogP contribution < -0.4 is 15.4 Å². The van der Waals surface area contributed by atoms with E-state index in [2.05, 4.69) is 15.1 Å². The first-order chi connectivity index (χ1) is 13.3. The van der Waals surface area contributed by atoms with Gasteiger partial charge < -0.3 is 10.2 Å². The SMILES string of the molecule is NS(=O)(=O)c1ccc(CNC(=O)CN2CCN(c3ccccc3Cl)CC2)cc1. The maximum atomic E-state index is 12.2. The van der Waals surface area contributed by atoms with Crippen molar-refractivity contribution < 1.29 is 13.2 Å². The van der Waals surface area contributed by atoms with Gasteiger partial charge >= 0.3 is 0 Å². The number of para-hydroxylation sites is 1. The van der Waals surface area contributed by atoms with Crippen LogP contribution in [0.25, 0.3) is 0 Å². The summed E-state index contributed by atoms with van der Waals surface area (Å²) in [6.45, 7) is 3.84. The Balaban J connectivity index is 1.44. The molecular weight excluding hydrogens is 400 g/mol. The predicted molar refractivity (Wildman–Crippen MR) is 110 cm³/mol. The maximum absolute atomic E-state index is 12.2. The van der Waals surface area contributed by atoms with Crippen molar-refractivity contribution in [2.75, 3.05) is 37.6 Å². The number of benzene rings is 2. The van der Waals surface area contributed by atoms with E-state index < -0.39 is 10.0 Å². The molecule has 0 spiro atoms. The van der Waals surface area contributed by atoms with E-state index in [0.29, 0.717) is 13.1 Å². The van der Waals surface area contributed by atoms with E-state index in [9.17, 15) is 13.2 Å². The minimum atomic E-state index is -3.70. The van der Waals surface area contributed by atoms with Crippen LogP contribution in [0.1, 0.15) is 5.56 Å². The van der Waals surface area contributed by atoms with Gasteiger partial charge in [-0.1, -0.05) is 35.9 Å². The number of hydrogen-bond acceptors (Lipinski definition) is 5. The molecule has 1 fully saturated rings. The van der Waals surface area contributed by atoms with Crippen LogP contribution in [-0.2, 0) is 21.4 Å². The molecule has 0 aliphatic carbocycles. The van der Waals surface area contributed by atoms with Crippen LogP contribution in [0.3, 0.4) is 0 Å². The molecule has 7 nitrogen and oxygen atoms in total. The number of sulfonamides is 1. The van der Waals surface area contributed by atoms with Crippen molar-refractivity contribution >= 4 is 33.2 Å². The van der Waals surface area contributed by atoms with Crippen molar-refractivity contribution in [2.45, 2.75) is 11.4 Å². The van der Waals surface area contributed by atoms with Gasteiger partial charge in [-0.15, -0.1) is 0 Å². The fourth-order valence-electron chi connectivity index (χ4n) is 3.11. The average molecular weight is 423 g/mol. The molecule has 2 aromatic rings. The molecule has 1 aliphatic rings. The highest BCUT2D eigenvalue weighted by atomic mass is 35.5. The van der Waals surface area contributed by atoms with Crippen molar-refractivity contribution in [3.05, 3.63) is 59.1 Å². The molecule has 0 unspecified atom stereocenters. The molecule has 1 amide bonds. The first-order valence-corrected chi connectivity index (χ1v) is 10.9. The fourth-order valence-corrected chi connectivity index (χ4v) is 3.88. The van der Waals surface area contributed by atoms with Crippen molar-refractivity contribution in [1.29, 1.82) is 0 Å². The second kappa shape index (κ2) is 8.91. The number of nitrogens with one attached hydrogen (secondary N) is 1. The van der Waals surface area contributed by atoms with Gasteiger partial charge in [0.25, 0.3) is 0 Å². The predicted octanol–water partition coefficient (Wildman–Crippen LogP) is 1.43. The number of rotatable bonds is 6. The zero-order valence-corrected chi connectivity index (χ0v) is 16.9. The lowest BCUT2D eigenvalue weighted by molar-refractivity contribution is -0.122. The third-order valence-electron chi connectivity index (χ3n) is 4.67. The van der Waals surface area contributed by atoms with Gasteiger partial charge in [0.1, 0.15) is 0 Å². The van der Waals surface area contributed by atoms with Crippen LogP contribution in [0.2, 0.25) is 5.02 Å². The maximum Gasteiger partial charge on any atom is 0.238 e. The lowest BCUT2D eigenvalue weighted by Crippen LogP contribution is -2.49. The largest absolute Gasteiger partial charge is 0.368 e. The van der Waals surface area contributed by atoms with E-state index in [4.69, 9.17) is 16.7 Å². The Kier molecular flexibility index (Phi) is 6.56. The summed E-state index contributed by atoms with van der Waals surface area (Å²) in [6.07, 6.45) is 0. The molecule has 0 saturated carbocycles. The summed E-state index contributed by atoms with van der Waals surface area (Å²) >= 11 is 6.25. The van der Waals surface area contributed by atoms with Gasteiger partial charge in [0, 0.05) is 32.7 Å². The summed E-state index contributed by atoms with van der Waals surface area (Å²) in [5.41, 5.74) is 1.83. The summed E-state index contributed by atoms with van der Waals surface area (Å²) in [5, 5.41) is 8.67. The quantitative estimate of drug-likeness (QED) is 0.734. The van der Waals surface area contributed by atoms with E-state index in [1.54, 1.807) is 12.1 Å². The van der Waals surface area contributed by atoms with E-state index in [1.165, 1.54) is 12.1 Å². The van der Waals surface area contributed by atoms with Gasteiger partial charge in [-0.25, -0.2) is 13.6 Å². The third-order valence-corrected chi connectivity index (χ3v) is 5.92. The number of nitrogens with two attached hydrogens (primary N) is 1. The number of piperazine rings is 1. The monoisotopic (exact) mass is 422 g/mol. The number of hydrogen-bond donors (Lipinski definition) is 2. The smallest absolute Gasteiger partial charge is 0.238 e. The van der Waals surface area contributed by atoms with Crippen molar-refractivity contribution in [3.63, 3.8) is 0 Å². The number of carbonyl (C=O) groups excluding carboxylic acids is 1. The molecule has 28 heavy (non-hydrogen) atoms. The highest BCUT2D eigenvalue weighted by Gasteiger charge is 2.20. The molecule has 3 rings (SSSR count). The summed E-state index contributed by atoms with van der Waals surface area (Å²) < 4.78 is 22.5. The van der Waals surface area contributed by atoms with Gasteiger partial charge in [-0.3, -0.25) is 9.69 Å². The first-order valence-electron chi connectivity index (χ1n) is 8.93. The summed E-state index contributed by atoms with van der Waals surface area (Å²) in [5.74, 6) is -0.0679. The summed E-state index contributed by atoms with van der Waals surface area (Å²) in [7, 11) is -3.70. The number of carbonyl (C=O) groups is 1. The lowest BCUT2D eigenvalue weighted by atomic mass is 10.2. The number of anilines is 1. The van der Waals surface area contributed by atoms with E-state index >= 15 is 0 Å². The van der Waals surface area contributed by atoms with Crippen molar-refractivity contribution in [3.8, 4) is 0 Å². The number of halogens is 1.